The maximum atomic E-state index is 12.1. The number of ether oxygens (including phenoxy) is 3. The smallest absolute Gasteiger partial charge is 0.344 e. The van der Waals surface area contributed by atoms with Crippen molar-refractivity contribution in [2.45, 2.75) is 27.1 Å². The molecule has 8 nitrogen and oxygen atoms in total. The van der Waals surface area contributed by atoms with Crippen LogP contribution in [0.4, 0.5) is 0 Å². The quantitative estimate of drug-likeness (QED) is 0.545. The number of hydrogen-bond donors (Lipinski definition) is 0. The molecule has 0 amide bonds. The van der Waals surface area contributed by atoms with Crippen LogP contribution in [-0.2, 0) is 27.5 Å². The van der Waals surface area contributed by atoms with E-state index in [1.807, 2.05) is 32.0 Å². The van der Waals surface area contributed by atoms with Crippen molar-refractivity contribution >= 4 is 22.3 Å². The molecule has 0 N–H and O–H groups in total. The molecule has 0 unspecified atom stereocenters. The van der Waals surface area contributed by atoms with Gasteiger partial charge in [-0.15, -0.1) is 0 Å². The third-order valence-electron chi connectivity index (χ3n) is 3.50. The van der Waals surface area contributed by atoms with Crippen molar-refractivity contribution in [1.29, 1.82) is 0 Å². The molecule has 0 aliphatic heterocycles. The van der Waals surface area contributed by atoms with Crippen LogP contribution in [0.5, 0.6) is 5.75 Å². The van der Waals surface area contributed by atoms with Gasteiger partial charge in [0.25, 0.3) is 5.56 Å². The summed E-state index contributed by atoms with van der Waals surface area (Å²) in [5.74, 6) is 0.0519. The molecule has 142 valence electrons. The molecule has 2 aromatic heterocycles. The molecule has 2 heterocycles. The van der Waals surface area contributed by atoms with Crippen LogP contribution in [0.1, 0.15) is 23.2 Å². The molecular formula is C18H19N3O5S. The molecule has 1 aromatic carbocycles. The Hall–Kier alpha value is -2.78. The minimum absolute atomic E-state index is 0.111. The molecule has 0 saturated heterocycles. The molecule has 0 fully saturated rings. The fourth-order valence-electron chi connectivity index (χ4n) is 2.26. The average Bonchev–Trinajstić information content (AvgIpc) is 3.06. The largest absolute Gasteiger partial charge is 0.482 e. The summed E-state index contributed by atoms with van der Waals surface area (Å²) in [6.07, 6.45) is 0. The first kappa shape index (κ1) is 19.0. The molecule has 3 aromatic rings. The minimum atomic E-state index is -0.542. The van der Waals surface area contributed by atoms with Crippen molar-refractivity contribution in [1.82, 2.24) is 14.6 Å². The predicted octanol–water partition coefficient (Wildman–Crippen LogP) is 2.12. The lowest BCUT2D eigenvalue weighted by atomic mass is 10.2. The molecular weight excluding hydrogens is 370 g/mol. The number of aryl methyl sites for hydroxylation is 1. The van der Waals surface area contributed by atoms with Gasteiger partial charge in [0.15, 0.2) is 6.61 Å². The highest BCUT2D eigenvalue weighted by atomic mass is 32.1. The standard InChI is InChI=1S/C18H19N3O5S/c1-3-24-10-15-20-21-16(22)8-13(19-18(21)27-15)9-26-17(23)11-25-14-6-4-5-12(2)7-14/h4-8H,3,9-11H2,1-2H3. The van der Waals surface area contributed by atoms with E-state index in [4.69, 9.17) is 14.2 Å². The van der Waals surface area contributed by atoms with Gasteiger partial charge in [0.1, 0.15) is 24.0 Å². The average molecular weight is 389 g/mol. The lowest BCUT2D eigenvalue weighted by Crippen LogP contribution is -2.18. The Labute approximate surface area is 159 Å². The van der Waals surface area contributed by atoms with Gasteiger partial charge in [-0.1, -0.05) is 23.5 Å². The van der Waals surface area contributed by atoms with E-state index >= 15 is 0 Å². The highest BCUT2D eigenvalue weighted by molar-refractivity contribution is 7.16. The van der Waals surface area contributed by atoms with Crippen molar-refractivity contribution in [3.05, 3.63) is 57.0 Å². The van der Waals surface area contributed by atoms with Crippen LogP contribution in [0, 0.1) is 6.92 Å². The summed E-state index contributed by atoms with van der Waals surface area (Å²) in [4.78, 5) is 28.7. The zero-order valence-corrected chi connectivity index (χ0v) is 15.8. The van der Waals surface area contributed by atoms with Gasteiger partial charge in [-0.05, 0) is 31.5 Å². The molecule has 9 heteroatoms. The van der Waals surface area contributed by atoms with E-state index in [9.17, 15) is 9.59 Å². The molecule has 0 bridgehead atoms. The Bertz CT molecular complexity index is 998. The second kappa shape index (κ2) is 8.74. The number of carbonyl (C=O) groups is 1. The van der Waals surface area contributed by atoms with E-state index in [-0.39, 0.29) is 18.8 Å². The van der Waals surface area contributed by atoms with E-state index in [0.717, 1.165) is 5.56 Å². The van der Waals surface area contributed by atoms with Crippen molar-refractivity contribution < 1.29 is 19.0 Å². The molecule has 3 rings (SSSR count). The molecule has 0 saturated carbocycles. The van der Waals surface area contributed by atoms with Crippen LogP contribution in [0.25, 0.3) is 4.96 Å². The number of rotatable bonds is 8. The molecule has 0 aliphatic carbocycles. The number of hydrogen-bond acceptors (Lipinski definition) is 8. The van der Waals surface area contributed by atoms with Crippen LogP contribution < -0.4 is 10.3 Å². The lowest BCUT2D eigenvalue weighted by Gasteiger charge is -2.07. The first-order valence-electron chi connectivity index (χ1n) is 8.36. The summed E-state index contributed by atoms with van der Waals surface area (Å²) in [5, 5.41) is 4.82. The maximum Gasteiger partial charge on any atom is 0.344 e. The number of benzene rings is 1. The monoisotopic (exact) mass is 389 g/mol. The second-order valence-corrected chi connectivity index (χ2v) is 6.72. The van der Waals surface area contributed by atoms with Gasteiger partial charge in [0.05, 0.1) is 5.69 Å². The first-order valence-corrected chi connectivity index (χ1v) is 9.18. The van der Waals surface area contributed by atoms with E-state index in [1.165, 1.54) is 21.9 Å². The lowest BCUT2D eigenvalue weighted by molar-refractivity contribution is -0.147. The van der Waals surface area contributed by atoms with E-state index in [1.54, 1.807) is 6.07 Å². The topological polar surface area (TPSA) is 92.0 Å². The molecule has 0 aliphatic rings. The molecule has 27 heavy (non-hydrogen) atoms. The highest BCUT2D eigenvalue weighted by Crippen LogP contribution is 2.14. The Morgan fingerprint density at radius 2 is 2.11 bits per heavy atom. The van der Waals surface area contributed by atoms with Gasteiger partial charge in [-0.2, -0.15) is 9.61 Å². The molecule has 0 atom stereocenters. The second-order valence-electron chi connectivity index (χ2n) is 5.68. The van der Waals surface area contributed by atoms with Gasteiger partial charge in [0.2, 0.25) is 4.96 Å². The van der Waals surface area contributed by atoms with Gasteiger partial charge in [-0.3, -0.25) is 4.79 Å². The van der Waals surface area contributed by atoms with Crippen molar-refractivity contribution in [3.8, 4) is 5.75 Å². The Kier molecular flexibility index (Phi) is 6.15. The van der Waals surface area contributed by atoms with Gasteiger partial charge >= 0.3 is 5.97 Å². The van der Waals surface area contributed by atoms with E-state index < -0.39 is 5.97 Å². The zero-order chi connectivity index (χ0) is 19.2. The number of fused-ring (bicyclic) bond motifs is 1. The normalized spacial score (nSPS) is 10.9. The Morgan fingerprint density at radius 1 is 1.26 bits per heavy atom. The first-order chi connectivity index (χ1) is 13.0. The predicted molar refractivity (Wildman–Crippen MR) is 98.9 cm³/mol. The summed E-state index contributed by atoms with van der Waals surface area (Å²) >= 11 is 1.26. The number of esters is 1. The minimum Gasteiger partial charge on any atom is -0.482 e. The summed E-state index contributed by atoms with van der Waals surface area (Å²) in [5.41, 5.74) is 1.06. The fraction of sp³-hybridized carbons (Fsp3) is 0.333. The van der Waals surface area contributed by atoms with Crippen molar-refractivity contribution in [3.63, 3.8) is 0 Å². The van der Waals surface area contributed by atoms with Crippen LogP contribution in [0.3, 0.4) is 0 Å². The summed E-state index contributed by atoms with van der Waals surface area (Å²) in [6.45, 7) is 4.37. The summed E-state index contributed by atoms with van der Waals surface area (Å²) in [7, 11) is 0. The van der Waals surface area contributed by atoms with Gasteiger partial charge in [0, 0.05) is 12.7 Å². The van der Waals surface area contributed by atoms with E-state index in [2.05, 4.69) is 10.1 Å². The van der Waals surface area contributed by atoms with Crippen molar-refractivity contribution in [2.75, 3.05) is 13.2 Å². The fourth-order valence-corrected chi connectivity index (χ4v) is 3.12. The number of aromatic nitrogens is 3. The third-order valence-corrected chi connectivity index (χ3v) is 4.38. The number of nitrogens with zero attached hydrogens (tertiary/aromatic N) is 3. The molecule has 0 radical (unpaired) electrons. The number of carbonyl (C=O) groups excluding carboxylic acids is 1. The van der Waals surface area contributed by atoms with Crippen LogP contribution >= 0.6 is 11.3 Å². The summed E-state index contributed by atoms with van der Waals surface area (Å²) in [6, 6.07) is 8.67. The summed E-state index contributed by atoms with van der Waals surface area (Å²) < 4.78 is 17.0. The van der Waals surface area contributed by atoms with Crippen molar-refractivity contribution in [2.24, 2.45) is 0 Å². The van der Waals surface area contributed by atoms with Gasteiger partial charge in [-0.25, -0.2) is 9.78 Å². The van der Waals surface area contributed by atoms with E-state index in [0.29, 0.717) is 34.6 Å². The Balaban J connectivity index is 1.59. The third kappa shape index (κ3) is 5.11. The highest BCUT2D eigenvalue weighted by Gasteiger charge is 2.11. The van der Waals surface area contributed by atoms with Crippen LogP contribution in [0.15, 0.2) is 35.1 Å². The van der Waals surface area contributed by atoms with Crippen LogP contribution in [-0.4, -0.2) is 33.8 Å². The van der Waals surface area contributed by atoms with Crippen LogP contribution in [0.2, 0.25) is 0 Å². The zero-order valence-electron chi connectivity index (χ0n) is 15.0. The SMILES string of the molecule is CCOCc1nn2c(=O)cc(COC(=O)COc3cccc(C)c3)nc2s1. The maximum absolute atomic E-state index is 12.1. The van der Waals surface area contributed by atoms with Gasteiger partial charge < -0.3 is 14.2 Å². The molecule has 0 spiro atoms. The Morgan fingerprint density at radius 3 is 2.89 bits per heavy atom.